The molecule has 0 spiro atoms. The number of H-pyrrole nitrogens is 1. The van der Waals surface area contributed by atoms with Crippen LogP contribution in [0.15, 0.2) is 59.5 Å². The first-order valence-electron chi connectivity index (χ1n) is 9.19. The Balaban J connectivity index is 1.36. The number of nitrogens with zero attached hydrogens (tertiary/aromatic N) is 1. The van der Waals surface area contributed by atoms with E-state index < -0.39 is 0 Å². The van der Waals surface area contributed by atoms with Gasteiger partial charge in [-0.1, -0.05) is 48.0 Å². The van der Waals surface area contributed by atoms with E-state index in [0.717, 1.165) is 38.7 Å². The Morgan fingerprint density at radius 3 is 2.66 bits per heavy atom. The summed E-state index contributed by atoms with van der Waals surface area (Å²) in [5.41, 5.74) is 3.32. The summed E-state index contributed by atoms with van der Waals surface area (Å²) in [7, 11) is 0. The number of amides is 3. The van der Waals surface area contributed by atoms with Crippen LogP contribution in [0.5, 0.6) is 0 Å². The third-order valence-corrected chi connectivity index (χ3v) is 5.55. The van der Waals surface area contributed by atoms with Crippen molar-refractivity contribution < 1.29 is 14.4 Å². The number of carbonyl (C=O) groups excluding carboxylic acids is 3. The molecule has 1 aromatic heterocycles. The van der Waals surface area contributed by atoms with Crippen LogP contribution in [-0.4, -0.2) is 40.0 Å². The molecule has 1 aliphatic heterocycles. The minimum Gasteiger partial charge on any atom is -0.351 e. The van der Waals surface area contributed by atoms with Gasteiger partial charge < -0.3 is 10.3 Å². The quantitative estimate of drug-likeness (QED) is 0.630. The second-order valence-corrected chi connectivity index (χ2v) is 7.76. The van der Waals surface area contributed by atoms with E-state index in [1.807, 2.05) is 55.5 Å². The third-order valence-electron chi connectivity index (χ3n) is 4.64. The minimum absolute atomic E-state index is 0.127. The van der Waals surface area contributed by atoms with E-state index in [2.05, 4.69) is 10.3 Å². The van der Waals surface area contributed by atoms with Crippen LogP contribution in [0.3, 0.4) is 0 Å². The van der Waals surface area contributed by atoms with Crippen molar-refractivity contribution in [2.24, 2.45) is 0 Å². The zero-order valence-electron chi connectivity index (χ0n) is 15.8. The van der Waals surface area contributed by atoms with E-state index in [4.69, 9.17) is 0 Å². The van der Waals surface area contributed by atoms with E-state index >= 15 is 0 Å². The molecule has 0 atom stereocenters. The zero-order chi connectivity index (χ0) is 20.4. The predicted molar refractivity (Wildman–Crippen MR) is 114 cm³/mol. The highest BCUT2D eigenvalue weighted by molar-refractivity contribution is 8.18. The normalized spacial score (nSPS) is 15.5. The average molecular weight is 405 g/mol. The number of nitrogens with one attached hydrogen (secondary N) is 2. The van der Waals surface area contributed by atoms with Gasteiger partial charge in [-0.05, 0) is 42.5 Å². The molecule has 6 nitrogen and oxygen atoms in total. The number of carbonyl (C=O) groups is 3. The van der Waals surface area contributed by atoms with E-state index in [9.17, 15) is 14.4 Å². The first-order valence-corrected chi connectivity index (χ1v) is 10.0. The fraction of sp³-hybridized carbons (Fsp3) is 0.136. The van der Waals surface area contributed by atoms with Crippen LogP contribution in [0.1, 0.15) is 21.6 Å². The Morgan fingerprint density at radius 1 is 1.14 bits per heavy atom. The summed E-state index contributed by atoms with van der Waals surface area (Å²) in [4.78, 5) is 41.7. The summed E-state index contributed by atoms with van der Waals surface area (Å²) in [5, 5.41) is 3.38. The molecule has 3 amide bonds. The Morgan fingerprint density at radius 2 is 1.90 bits per heavy atom. The van der Waals surface area contributed by atoms with Crippen molar-refractivity contribution in [2.75, 3.05) is 13.1 Å². The summed E-state index contributed by atoms with van der Waals surface area (Å²) in [6, 6.07) is 17.1. The van der Waals surface area contributed by atoms with Gasteiger partial charge in [-0.2, -0.15) is 0 Å². The van der Waals surface area contributed by atoms with Crippen molar-refractivity contribution in [3.63, 3.8) is 0 Å². The molecule has 4 rings (SSSR count). The number of fused-ring (bicyclic) bond motifs is 1. The lowest BCUT2D eigenvalue weighted by molar-refractivity contribution is -0.122. The third kappa shape index (κ3) is 4.09. The standard InChI is InChI=1S/C22H19N3O3S/c1-14-6-8-15(9-7-14)12-19-21(27)25(22(28)29-19)11-10-23-20(26)18-13-16-4-2-3-5-17(16)24-18/h2-9,12-13,24H,10-11H2,1H3,(H,23,26)/b19-12-. The summed E-state index contributed by atoms with van der Waals surface area (Å²) >= 11 is 0.919. The number of rotatable bonds is 5. The number of aromatic nitrogens is 1. The van der Waals surface area contributed by atoms with E-state index in [0.29, 0.717) is 10.6 Å². The van der Waals surface area contributed by atoms with Crippen LogP contribution in [-0.2, 0) is 4.79 Å². The highest BCUT2D eigenvalue weighted by Crippen LogP contribution is 2.31. The molecule has 0 aliphatic carbocycles. The maximum Gasteiger partial charge on any atom is 0.293 e. The van der Waals surface area contributed by atoms with Crippen LogP contribution in [0, 0.1) is 6.92 Å². The molecule has 1 aliphatic rings. The largest absolute Gasteiger partial charge is 0.351 e. The second kappa shape index (κ2) is 7.97. The van der Waals surface area contributed by atoms with Crippen molar-refractivity contribution in [2.45, 2.75) is 6.92 Å². The number of thioether (sulfide) groups is 1. The molecule has 1 saturated heterocycles. The molecule has 2 aromatic carbocycles. The van der Waals surface area contributed by atoms with Crippen LogP contribution >= 0.6 is 11.8 Å². The van der Waals surface area contributed by atoms with Crippen molar-refractivity contribution in [3.05, 3.63) is 76.3 Å². The number of aryl methyl sites for hydroxylation is 1. The van der Waals surface area contributed by atoms with Crippen LogP contribution in [0.4, 0.5) is 4.79 Å². The van der Waals surface area contributed by atoms with Gasteiger partial charge >= 0.3 is 0 Å². The molecule has 2 heterocycles. The van der Waals surface area contributed by atoms with Gasteiger partial charge in [-0.3, -0.25) is 19.3 Å². The van der Waals surface area contributed by atoms with Crippen molar-refractivity contribution in [3.8, 4) is 0 Å². The van der Waals surface area contributed by atoms with E-state index in [-0.39, 0.29) is 30.1 Å². The second-order valence-electron chi connectivity index (χ2n) is 6.77. The Labute approximate surface area is 172 Å². The highest BCUT2D eigenvalue weighted by Gasteiger charge is 2.34. The van der Waals surface area contributed by atoms with Crippen molar-refractivity contribution >= 4 is 45.8 Å². The molecule has 146 valence electrons. The number of hydrogen-bond acceptors (Lipinski definition) is 4. The Hall–Kier alpha value is -3.32. The highest BCUT2D eigenvalue weighted by atomic mass is 32.2. The molecule has 2 N–H and O–H groups in total. The molecule has 3 aromatic rings. The van der Waals surface area contributed by atoms with Gasteiger partial charge in [0, 0.05) is 24.0 Å². The van der Waals surface area contributed by atoms with Gasteiger partial charge in [0.25, 0.3) is 17.1 Å². The van der Waals surface area contributed by atoms with Crippen LogP contribution in [0.2, 0.25) is 0 Å². The Kier molecular flexibility index (Phi) is 5.22. The van der Waals surface area contributed by atoms with Crippen LogP contribution < -0.4 is 5.32 Å². The maximum atomic E-state index is 12.5. The van der Waals surface area contributed by atoms with Crippen molar-refractivity contribution in [1.82, 2.24) is 15.2 Å². The van der Waals surface area contributed by atoms with Gasteiger partial charge in [0.15, 0.2) is 0 Å². The topological polar surface area (TPSA) is 82.3 Å². The average Bonchev–Trinajstić information content (AvgIpc) is 3.26. The number of imide groups is 1. The molecule has 0 unspecified atom stereocenters. The molecular weight excluding hydrogens is 386 g/mol. The summed E-state index contributed by atoms with van der Waals surface area (Å²) in [6.45, 7) is 2.30. The number of aromatic amines is 1. The molecule has 0 saturated carbocycles. The van der Waals surface area contributed by atoms with Crippen LogP contribution in [0.25, 0.3) is 17.0 Å². The summed E-state index contributed by atoms with van der Waals surface area (Å²) < 4.78 is 0. The lowest BCUT2D eigenvalue weighted by Gasteiger charge is -2.12. The van der Waals surface area contributed by atoms with Gasteiger partial charge in [0.05, 0.1) is 4.91 Å². The van der Waals surface area contributed by atoms with Gasteiger partial charge in [-0.15, -0.1) is 0 Å². The summed E-state index contributed by atoms with van der Waals surface area (Å²) in [5.74, 6) is -0.608. The molecule has 7 heteroatoms. The molecular formula is C22H19N3O3S. The van der Waals surface area contributed by atoms with E-state index in [1.54, 1.807) is 12.1 Å². The zero-order valence-corrected chi connectivity index (χ0v) is 16.6. The fourth-order valence-electron chi connectivity index (χ4n) is 3.08. The number of benzene rings is 2. The molecule has 0 radical (unpaired) electrons. The lowest BCUT2D eigenvalue weighted by Crippen LogP contribution is -2.37. The first kappa shape index (κ1) is 19.0. The minimum atomic E-state index is -0.333. The number of para-hydroxylation sites is 1. The monoisotopic (exact) mass is 405 g/mol. The molecule has 1 fully saturated rings. The molecule has 0 bridgehead atoms. The van der Waals surface area contributed by atoms with E-state index in [1.165, 1.54) is 0 Å². The van der Waals surface area contributed by atoms with Crippen molar-refractivity contribution in [1.29, 1.82) is 0 Å². The van der Waals surface area contributed by atoms with Gasteiger partial charge in [0.2, 0.25) is 0 Å². The smallest absolute Gasteiger partial charge is 0.293 e. The lowest BCUT2D eigenvalue weighted by atomic mass is 10.1. The van der Waals surface area contributed by atoms with Gasteiger partial charge in [0.1, 0.15) is 5.69 Å². The fourth-order valence-corrected chi connectivity index (χ4v) is 3.94. The maximum absolute atomic E-state index is 12.5. The Bertz CT molecular complexity index is 1100. The van der Waals surface area contributed by atoms with Gasteiger partial charge in [-0.25, -0.2) is 0 Å². The molecule has 29 heavy (non-hydrogen) atoms. The number of hydrogen-bond donors (Lipinski definition) is 2. The predicted octanol–water partition coefficient (Wildman–Crippen LogP) is 3.94. The SMILES string of the molecule is Cc1ccc(/C=C2\SC(=O)N(CCNC(=O)c3cc4ccccc4[nH]3)C2=O)cc1. The summed E-state index contributed by atoms with van der Waals surface area (Å²) in [6.07, 6.45) is 1.72. The first-order chi connectivity index (χ1) is 14.0.